The summed E-state index contributed by atoms with van der Waals surface area (Å²) in [5.41, 5.74) is 1.51. The molecule has 0 saturated carbocycles. The van der Waals surface area contributed by atoms with Gasteiger partial charge >= 0.3 is 0 Å². The van der Waals surface area contributed by atoms with E-state index in [0.29, 0.717) is 23.3 Å². The number of imidazole rings is 1. The summed E-state index contributed by atoms with van der Waals surface area (Å²) in [7, 11) is -3.67. The maximum absolute atomic E-state index is 12.5. The van der Waals surface area contributed by atoms with Crippen molar-refractivity contribution in [3.8, 4) is 0 Å². The van der Waals surface area contributed by atoms with E-state index in [1.165, 1.54) is 12.1 Å². The minimum absolute atomic E-state index is 0.0813. The summed E-state index contributed by atoms with van der Waals surface area (Å²) in [5.74, 6) is 1.01. The lowest BCUT2D eigenvalue weighted by Crippen LogP contribution is -2.25. The smallest absolute Gasteiger partial charge is 0.241 e. The highest BCUT2D eigenvalue weighted by Crippen LogP contribution is 2.18. The predicted molar refractivity (Wildman–Crippen MR) is 97.8 cm³/mol. The van der Waals surface area contributed by atoms with E-state index in [-0.39, 0.29) is 11.4 Å². The number of benzene rings is 1. The number of hydrogen-bond acceptors (Lipinski definition) is 4. The third-order valence-electron chi connectivity index (χ3n) is 3.66. The first-order valence-electron chi connectivity index (χ1n) is 7.92. The maximum atomic E-state index is 12.5. The fourth-order valence-electron chi connectivity index (χ4n) is 2.57. The fraction of sp³-hybridized carbons (Fsp3) is 0.294. The van der Waals surface area contributed by atoms with Crippen molar-refractivity contribution in [3.05, 3.63) is 53.4 Å². The third-order valence-corrected chi connectivity index (χ3v) is 5.29. The lowest BCUT2D eigenvalue weighted by Gasteiger charge is -2.12. The summed E-state index contributed by atoms with van der Waals surface area (Å²) in [4.78, 5) is 9.03. The molecule has 0 aliphatic carbocycles. The molecule has 2 aromatic heterocycles. The van der Waals surface area contributed by atoms with Crippen LogP contribution in [0.5, 0.6) is 0 Å². The van der Waals surface area contributed by atoms with Crippen molar-refractivity contribution in [2.24, 2.45) is 5.92 Å². The van der Waals surface area contributed by atoms with E-state index in [1.807, 2.05) is 16.7 Å². The third kappa shape index (κ3) is 4.00. The Morgan fingerprint density at radius 3 is 2.76 bits per heavy atom. The predicted octanol–water partition coefficient (Wildman–Crippen LogP) is 3.22. The second-order valence-electron chi connectivity index (χ2n) is 6.16. The molecule has 0 spiro atoms. The van der Waals surface area contributed by atoms with Crippen molar-refractivity contribution in [1.82, 2.24) is 19.3 Å². The topological polar surface area (TPSA) is 76.9 Å². The van der Waals surface area contributed by atoms with Crippen molar-refractivity contribution in [2.45, 2.75) is 31.8 Å². The van der Waals surface area contributed by atoms with Gasteiger partial charge in [0.2, 0.25) is 10.0 Å². The second-order valence-corrected chi connectivity index (χ2v) is 8.36. The van der Waals surface area contributed by atoms with Gasteiger partial charge in [-0.15, -0.1) is 0 Å². The molecule has 0 aliphatic heterocycles. The number of aromatic nitrogens is 3. The SMILES string of the molecule is CC(C)Cn1c(CNS(=O)(=O)c2cccc(Cl)c2)nc2cccnc21. The molecule has 132 valence electrons. The van der Waals surface area contributed by atoms with Gasteiger partial charge in [-0.3, -0.25) is 0 Å². The molecule has 0 unspecified atom stereocenters. The van der Waals surface area contributed by atoms with Gasteiger partial charge in [0.15, 0.2) is 5.65 Å². The Morgan fingerprint density at radius 2 is 2.04 bits per heavy atom. The van der Waals surface area contributed by atoms with Gasteiger partial charge in [-0.25, -0.2) is 23.1 Å². The van der Waals surface area contributed by atoms with Crippen LogP contribution < -0.4 is 4.72 Å². The molecule has 0 fully saturated rings. The monoisotopic (exact) mass is 378 g/mol. The number of hydrogen-bond donors (Lipinski definition) is 1. The van der Waals surface area contributed by atoms with Crippen molar-refractivity contribution in [1.29, 1.82) is 0 Å². The molecule has 0 bridgehead atoms. The standard InChI is InChI=1S/C17H19ClN4O2S/c1-12(2)11-22-16(21-15-7-4-8-19-17(15)22)10-20-25(23,24)14-6-3-5-13(18)9-14/h3-9,12,20H,10-11H2,1-2H3. The summed E-state index contributed by atoms with van der Waals surface area (Å²) in [6.45, 7) is 4.98. The summed E-state index contributed by atoms with van der Waals surface area (Å²) in [5, 5.41) is 0.374. The highest BCUT2D eigenvalue weighted by molar-refractivity contribution is 7.89. The normalized spacial score (nSPS) is 12.2. The lowest BCUT2D eigenvalue weighted by molar-refractivity contribution is 0.510. The molecule has 25 heavy (non-hydrogen) atoms. The quantitative estimate of drug-likeness (QED) is 0.714. The highest BCUT2D eigenvalue weighted by Gasteiger charge is 2.18. The van der Waals surface area contributed by atoms with Crippen molar-refractivity contribution in [3.63, 3.8) is 0 Å². The molecule has 2 heterocycles. The van der Waals surface area contributed by atoms with Crippen molar-refractivity contribution in [2.75, 3.05) is 0 Å². The van der Waals surface area contributed by atoms with Crippen LogP contribution in [0.15, 0.2) is 47.5 Å². The molecule has 6 nitrogen and oxygen atoms in total. The summed E-state index contributed by atoms with van der Waals surface area (Å²) in [6, 6.07) is 9.85. The molecule has 0 amide bonds. The van der Waals surface area contributed by atoms with Gasteiger partial charge in [0.05, 0.1) is 11.4 Å². The average molecular weight is 379 g/mol. The van der Waals surface area contributed by atoms with Gasteiger partial charge in [0.25, 0.3) is 0 Å². The summed E-state index contributed by atoms with van der Waals surface area (Å²) in [6.07, 6.45) is 1.71. The van der Waals surface area contributed by atoms with Gasteiger partial charge in [-0.2, -0.15) is 0 Å². The van der Waals surface area contributed by atoms with Gasteiger partial charge in [0, 0.05) is 17.8 Å². The summed E-state index contributed by atoms with van der Waals surface area (Å²) >= 11 is 5.89. The molecule has 3 aromatic rings. The molecular weight excluding hydrogens is 360 g/mol. The van der Waals surface area contributed by atoms with Gasteiger partial charge in [0.1, 0.15) is 11.3 Å². The van der Waals surface area contributed by atoms with Gasteiger partial charge in [-0.1, -0.05) is 31.5 Å². The minimum Gasteiger partial charge on any atom is -0.311 e. The Labute approximate surface area is 151 Å². The van der Waals surface area contributed by atoms with Crippen LogP contribution in [0.1, 0.15) is 19.7 Å². The van der Waals surface area contributed by atoms with E-state index in [4.69, 9.17) is 11.6 Å². The first-order valence-corrected chi connectivity index (χ1v) is 9.78. The van der Waals surface area contributed by atoms with Gasteiger partial charge in [-0.05, 0) is 36.2 Å². The lowest BCUT2D eigenvalue weighted by atomic mass is 10.2. The Morgan fingerprint density at radius 1 is 1.24 bits per heavy atom. The number of nitrogens with zero attached hydrogens (tertiary/aromatic N) is 3. The second kappa shape index (κ2) is 7.11. The number of halogens is 1. The zero-order valence-electron chi connectivity index (χ0n) is 14.0. The fourth-order valence-corrected chi connectivity index (χ4v) is 3.85. The maximum Gasteiger partial charge on any atom is 0.241 e. The molecule has 0 saturated heterocycles. The Balaban J connectivity index is 1.90. The Hall–Kier alpha value is -1.96. The molecule has 0 aliphatic rings. The number of pyridine rings is 1. The van der Waals surface area contributed by atoms with Crippen LogP contribution in [0.3, 0.4) is 0 Å². The number of fused-ring (bicyclic) bond motifs is 1. The van der Waals surface area contributed by atoms with E-state index >= 15 is 0 Å². The zero-order valence-corrected chi connectivity index (χ0v) is 15.5. The highest BCUT2D eigenvalue weighted by atomic mass is 35.5. The van der Waals surface area contributed by atoms with Gasteiger partial charge < -0.3 is 4.57 Å². The Kier molecular flexibility index (Phi) is 5.08. The van der Waals surface area contributed by atoms with Crippen molar-refractivity contribution >= 4 is 32.8 Å². The molecule has 1 aromatic carbocycles. The first-order chi connectivity index (χ1) is 11.9. The van der Waals surface area contributed by atoms with Crippen LogP contribution in [0.4, 0.5) is 0 Å². The van der Waals surface area contributed by atoms with E-state index in [0.717, 1.165) is 11.2 Å². The average Bonchev–Trinajstić information content (AvgIpc) is 2.90. The molecule has 3 rings (SSSR count). The number of sulfonamides is 1. The van der Waals surface area contributed by atoms with Crippen molar-refractivity contribution < 1.29 is 8.42 Å². The minimum atomic E-state index is -3.67. The molecular formula is C17H19ClN4O2S. The molecule has 8 heteroatoms. The molecule has 0 radical (unpaired) electrons. The largest absolute Gasteiger partial charge is 0.311 e. The van der Waals surface area contributed by atoms with Crippen LogP contribution in [0, 0.1) is 5.92 Å². The van der Waals surface area contributed by atoms with E-state index in [9.17, 15) is 8.42 Å². The number of rotatable bonds is 6. The number of nitrogens with one attached hydrogen (secondary N) is 1. The first kappa shape index (κ1) is 17.8. The van der Waals surface area contributed by atoms with Crippen LogP contribution in [-0.2, 0) is 23.1 Å². The molecule has 1 N–H and O–H groups in total. The van der Waals surface area contributed by atoms with E-state index < -0.39 is 10.0 Å². The van der Waals surface area contributed by atoms with Crippen LogP contribution in [0.25, 0.3) is 11.2 Å². The van der Waals surface area contributed by atoms with E-state index in [1.54, 1.807) is 18.3 Å². The van der Waals surface area contributed by atoms with E-state index in [2.05, 4.69) is 28.5 Å². The van der Waals surface area contributed by atoms with Crippen LogP contribution in [0.2, 0.25) is 5.02 Å². The zero-order chi connectivity index (χ0) is 18.0. The molecule has 0 atom stereocenters. The summed E-state index contributed by atoms with van der Waals surface area (Å²) < 4.78 is 29.5. The van der Waals surface area contributed by atoms with Crippen LogP contribution >= 0.6 is 11.6 Å². The Bertz CT molecular complexity index is 999. The van der Waals surface area contributed by atoms with Crippen LogP contribution in [-0.4, -0.2) is 23.0 Å².